The van der Waals surface area contributed by atoms with Crippen molar-refractivity contribution >= 4 is 22.9 Å². The molecule has 1 aliphatic rings. The Hall–Kier alpha value is -2.24. The van der Waals surface area contributed by atoms with Gasteiger partial charge in [0, 0.05) is 19.3 Å². The van der Waals surface area contributed by atoms with E-state index in [4.69, 9.17) is 10.5 Å². The summed E-state index contributed by atoms with van der Waals surface area (Å²) < 4.78 is 5.44. The first-order chi connectivity index (χ1) is 10.8. The standard InChI is InChI=1S/C17H24N4O2/c1-17(2,3)23-16(22)21-8-6-11(7-9-21)12-10-19-13-4-5-14(18)20-15(12)13/h4-5,10-11,19H,6-9H2,1-3H3,(H2,18,20). The highest BCUT2D eigenvalue weighted by Crippen LogP contribution is 2.33. The summed E-state index contributed by atoms with van der Waals surface area (Å²) in [7, 11) is 0. The maximum absolute atomic E-state index is 12.1. The molecule has 6 heteroatoms. The first kappa shape index (κ1) is 15.6. The Morgan fingerprint density at radius 1 is 1.35 bits per heavy atom. The number of carbonyl (C=O) groups excluding carboxylic acids is 1. The maximum Gasteiger partial charge on any atom is 0.410 e. The van der Waals surface area contributed by atoms with Crippen molar-refractivity contribution in [1.82, 2.24) is 14.9 Å². The molecular formula is C17H24N4O2. The molecule has 3 heterocycles. The molecule has 1 aliphatic heterocycles. The van der Waals surface area contributed by atoms with Gasteiger partial charge in [-0.2, -0.15) is 0 Å². The SMILES string of the molecule is CC(C)(C)OC(=O)N1CCC(c2c[nH]c3ccc(N)nc23)CC1. The number of amides is 1. The molecule has 0 spiro atoms. The summed E-state index contributed by atoms with van der Waals surface area (Å²) in [5, 5.41) is 0. The third-order valence-corrected chi connectivity index (χ3v) is 4.16. The number of nitrogen functional groups attached to an aromatic ring is 1. The summed E-state index contributed by atoms with van der Waals surface area (Å²) in [6.45, 7) is 7.07. The molecule has 0 aliphatic carbocycles. The number of hydrogen-bond donors (Lipinski definition) is 2. The normalized spacial score (nSPS) is 16.7. The zero-order chi connectivity index (χ0) is 16.6. The molecule has 0 saturated carbocycles. The first-order valence-corrected chi connectivity index (χ1v) is 8.05. The zero-order valence-corrected chi connectivity index (χ0v) is 13.9. The number of ether oxygens (including phenoxy) is 1. The second-order valence-electron chi connectivity index (χ2n) is 7.12. The zero-order valence-electron chi connectivity index (χ0n) is 13.9. The molecule has 6 nitrogen and oxygen atoms in total. The van der Waals surface area contributed by atoms with Gasteiger partial charge in [0.15, 0.2) is 0 Å². The Morgan fingerprint density at radius 3 is 2.70 bits per heavy atom. The van der Waals surface area contributed by atoms with Crippen molar-refractivity contribution in [3.8, 4) is 0 Å². The van der Waals surface area contributed by atoms with Gasteiger partial charge in [-0.25, -0.2) is 9.78 Å². The van der Waals surface area contributed by atoms with Crippen molar-refractivity contribution in [2.75, 3.05) is 18.8 Å². The first-order valence-electron chi connectivity index (χ1n) is 8.05. The molecule has 124 valence electrons. The predicted octanol–water partition coefficient (Wildman–Crippen LogP) is 3.26. The van der Waals surface area contributed by atoms with E-state index >= 15 is 0 Å². The molecule has 2 aromatic heterocycles. The average molecular weight is 316 g/mol. The molecule has 0 radical (unpaired) electrons. The van der Waals surface area contributed by atoms with E-state index in [0.717, 1.165) is 23.9 Å². The molecule has 0 unspecified atom stereocenters. The second kappa shape index (κ2) is 5.76. The molecule has 3 rings (SSSR count). The highest BCUT2D eigenvalue weighted by Gasteiger charge is 2.28. The number of aromatic amines is 1. The van der Waals surface area contributed by atoms with Gasteiger partial charge in [0.25, 0.3) is 0 Å². The van der Waals surface area contributed by atoms with E-state index in [1.54, 1.807) is 11.0 Å². The van der Waals surface area contributed by atoms with E-state index in [9.17, 15) is 4.79 Å². The van der Waals surface area contributed by atoms with Gasteiger partial charge in [0.2, 0.25) is 0 Å². The average Bonchev–Trinajstić information content (AvgIpc) is 2.88. The lowest BCUT2D eigenvalue weighted by Gasteiger charge is -2.33. The van der Waals surface area contributed by atoms with Gasteiger partial charge in [-0.15, -0.1) is 0 Å². The van der Waals surface area contributed by atoms with Gasteiger partial charge in [-0.1, -0.05) is 0 Å². The lowest BCUT2D eigenvalue weighted by Crippen LogP contribution is -2.41. The van der Waals surface area contributed by atoms with Crippen LogP contribution in [0.25, 0.3) is 11.0 Å². The van der Waals surface area contributed by atoms with E-state index in [1.165, 1.54) is 5.56 Å². The fourth-order valence-electron chi connectivity index (χ4n) is 3.05. The monoisotopic (exact) mass is 316 g/mol. The van der Waals surface area contributed by atoms with Crippen LogP contribution in [-0.2, 0) is 4.74 Å². The smallest absolute Gasteiger partial charge is 0.410 e. The van der Waals surface area contributed by atoms with Crippen LogP contribution in [0, 0.1) is 0 Å². The Balaban J connectivity index is 1.69. The lowest BCUT2D eigenvalue weighted by molar-refractivity contribution is 0.0205. The molecule has 1 fully saturated rings. The third kappa shape index (κ3) is 3.41. The van der Waals surface area contributed by atoms with Crippen molar-refractivity contribution in [2.24, 2.45) is 0 Å². The van der Waals surface area contributed by atoms with Gasteiger partial charge >= 0.3 is 6.09 Å². The van der Waals surface area contributed by atoms with E-state index in [0.29, 0.717) is 24.8 Å². The van der Waals surface area contributed by atoms with Crippen LogP contribution in [-0.4, -0.2) is 39.7 Å². The number of H-pyrrole nitrogens is 1. The summed E-state index contributed by atoms with van der Waals surface area (Å²) in [4.78, 5) is 21.6. The van der Waals surface area contributed by atoms with Crippen molar-refractivity contribution in [3.63, 3.8) is 0 Å². The van der Waals surface area contributed by atoms with Gasteiger partial charge in [-0.3, -0.25) is 0 Å². The summed E-state index contributed by atoms with van der Waals surface area (Å²) in [5.41, 5.74) is 8.49. The molecule has 3 N–H and O–H groups in total. The van der Waals surface area contributed by atoms with Gasteiger partial charge in [0.1, 0.15) is 11.4 Å². The van der Waals surface area contributed by atoms with Gasteiger partial charge in [-0.05, 0) is 57.2 Å². The Bertz CT molecular complexity index is 709. The van der Waals surface area contributed by atoms with Crippen molar-refractivity contribution in [2.45, 2.75) is 45.1 Å². The predicted molar refractivity (Wildman–Crippen MR) is 90.3 cm³/mol. The number of hydrogen-bond acceptors (Lipinski definition) is 4. The summed E-state index contributed by atoms with van der Waals surface area (Å²) in [6, 6.07) is 3.75. The topological polar surface area (TPSA) is 84.2 Å². The number of nitrogens with two attached hydrogens (primary N) is 1. The fourth-order valence-corrected chi connectivity index (χ4v) is 3.05. The Morgan fingerprint density at radius 2 is 2.04 bits per heavy atom. The van der Waals surface area contributed by atoms with Crippen molar-refractivity contribution < 1.29 is 9.53 Å². The minimum atomic E-state index is -0.452. The number of nitrogens with one attached hydrogen (secondary N) is 1. The summed E-state index contributed by atoms with van der Waals surface area (Å²) >= 11 is 0. The van der Waals surface area contributed by atoms with Crippen LogP contribution in [0.3, 0.4) is 0 Å². The molecule has 0 bridgehead atoms. The van der Waals surface area contributed by atoms with Crippen LogP contribution in [0.4, 0.5) is 10.6 Å². The van der Waals surface area contributed by atoms with Crippen LogP contribution in [0.1, 0.15) is 45.1 Å². The number of fused-ring (bicyclic) bond motifs is 1. The van der Waals surface area contributed by atoms with Crippen LogP contribution >= 0.6 is 0 Å². The highest BCUT2D eigenvalue weighted by atomic mass is 16.6. The van der Waals surface area contributed by atoms with Crippen LogP contribution < -0.4 is 5.73 Å². The number of anilines is 1. The molecule has 2 aromatic rings. The number of aromatic nitrogens is 2. The molecule has 1 saturated heterocycles. The number of nitrogens with zero attached hydrogens (tertiary/aromatic N) is 2. The second-order valence-corrected chi connectivity index (χ2v) is 7.12. The number of carbonyl (C=O) groups is 1. The van der Waals surface area contributed by atoms with Crippen LogP contribution in [0.2, 0.25) is 0 Å². The molecule has 1 amide bonds. The number of rotatable bonds is 1. The third-order valence-electron chi connectivity index (χ3n) is 4.16. The minimum Gasteiger partial charge on any atom is -0.444 e. The molecule has 0 aromatic carbocycles. The molecule has 0 atom stereocenters. The number of likely N-dealkylation sites (tertiary alicyclic amines) is 1. The summed E-state index contributed by atoms with van der Waals surface area (Å²) in [6.07, 6.45) is 3.60. The van der Waals surface area contributed by atoms with Crippen LogP contribution in [0.5, 0.6) is 0 Å². The van der Waals surface area contributed by atoms with Gasteiger partial charge < -0.3 is 20.4 Å². The fraction of sp³-hybridized carbons (Fsp3) is 0.529. The lowest BCUT2D eigenvalue weighted by atomic mass is 9.90. The van der Waals surface area contributed by atoms with E-state index in [1.807, 2.05) is 33.0 Å². The Labute approximate surface area is 136 Å². The van der Waals surface area contributed by atoms with E-state index in [2.05, 4.69) is 9.97 Å². The number of pyridine rings is 1. The minimum absolute atomic E-state index is 0.225. The van der Waals surface area contributed by atoms with E-state index < -0.39 is 5.60 Å². The quantitative estimate of drug-likeness (QED) is 0.845. The molecule has 23 heavy (non-hydrogen) atoms. The largest absolute Gasteiger partial charge is 0.444 e. The summed E-state index contributed by atoms with van der Waals surface area (Å²) in [5.74, 6) is 0.918. The van der Waals surface area contributed by atoms with Crippen molar-refractivity contribution in [3.05, 3.63) is 23.9 Å². The van der Waals surface area contributed by atoms with Crippen LogP contribution in [0.15, 0.2) is 18.3 Å². The molecular weight excluding hydrogens is 292 g/mol. The number of piperidine rings is 1. The maximum atomic E-state index is 12.1. The van der Waals surface area contributed by atoms with E-state index in [-0.39, 0.29) is 6.09 Å². The Kier molecular flexibility index (Phi) is 3.92. The highest BCUT2D eigenvalue weighted by molar-refractivity contribution is 5.81. The van der Waals surface area contributed by atoms with Crippen molar-refractivity contribution in [1.29, 1.82) is 0 Å². The van der Waals surface area contributed by atoms with Gasteiger partial charge in [0.05, 0.1) is 11.0 Å².